The third kappa shape index (κ3) is 3.40. The lowest BCUT2D eigenvalue weighted by atomic mass is 10.1. The summed E-state index contributed by atoms with van der Waals surface area (Å²) in [7, 11) is -3.75. The van der Waals surface area contributed by atoms with Crippen LogP contribution in [0.1, 0.15) is 5.76 Å². The van der Waals surface area contributed by atoms with Crippen LogP contribution in [0.4, 0.5) is 10.2 Å². The van der Waals surface area contributed by atoms with Gasteiger partial charge in [-0.1, -0.05) is 29.4 Å². The number of benzene rings is 2. The van der Waals surface area contributed by atoms with E-state index in [4.69, 9.17) is 4.52 Å². The molecule has 0 aliphatic heterocycles. The SMILES string of the molecule is Cc1cc(NS(=O)(=O)c2ccc(-c3cccc(F)c3)cc2)no1. The third-order valence-corrected chi connectivity index (χ3v) is 4.56. The van der Waals surface area contributed by atoms with Crippen LogP contribution in [0.25, 0.3) is 11.1 Å². The maximum atomic E-state index is 13.2. The van der Waals surface area contributed by atoms with Crippen LogP contribution in [0.2, 0.25) is 0 Å². The highest BCUT2D eigenvalue weighted by atomic mass is 32.2. The first kappa shape index (κ1) is 15.2. The summed E-state index contributed by atoms with van der Waals surface area (Å²) in [5.41, 5.74) is 1.40. The Morgan fingerprint density at radius 2 is 1.78 bits per heavy atom. The first-order valence-corrected chi connectivity index (χ1v) is 8.24. The van der Waals surface area contributed by atoms with Gasteiger partial charge in [0.25, 0.3) is 10.0 Å². The summed E-state index contributed by atoms with van der Waals surface area (Å²) in [6.07, 6.45) is 0. The van der Waals surface area contributed by atoms with Crippen LogP contribution in [-0.2, 0) is 10.0 Å². The van der Waals surface area contributed by atoms with E-state index in [1.54, 1.807) is 31.2 Å². The summed E-state index contributed by atoms with van der Waals surface area (Å²) in [5, 5.41) is 3.59. The summed E-state index contributed by atoms with van der Waals surface area (Å²) >= 11 is 0. The maximum absolute atomic E-state index is 13.2. The molecule has 3 aromatic rings. The first-order valence-electron chi connectivity index (χ1n) is 6.76. The van der Waals surface area contributed by atoms with E-state index in [0.717, 1.165) is 5.56 Å². The molecule has 0 atom stereocenters. The molecule has 0 spiro atoms. The maximum Gasteiger partial charge on any atom is 0.263 e. The van der Waals surface area contributed by atoms with Crippen LogP contribution in [0.5, 0.6) is 0 Å². The van der Waals surface area contributed by atoms with Crippen LogP contribution < -0.4 is 4.72 Å². The predicted molar refractivity (Wildman–Crippen MR) is 83.9 cm³/mol. The Labute approximate surface area is 132 Å². The van der Waals surface area contributed by atoms with Crippen LogP contribution in [0.3, 0.4) is 0 Å². The van der Waals surface area contributed by atoms with Crippen molar-refractivity contribution in [2.24, 2.45) is 0 Å². The number of aryl methyl sites for hydroxylation is 1. The van der Waals surface area contributed by atoms with E-state index >= 15 is 0 Å². The van der Waals surface area contributed by atoms with Gasteiger partial charge in [-0.15, -0.1) is 0 Å². The number of sulfonamides is 1. The summed E-state index contributed by atoms with van der Waals surface area (Å²) in [6, 6.07) is 13.7. The summed E-state index contributed by atoms with van der Waals surface area (Å²) in [4.78, 5) is 0.0818. The Hall–Kier alpha value is -2.67. The van der Waals surface area contributed by atoms with Crippen molar-refractivity contribution >= 4 is 15.8 Å². The predicted octanol–water partition coefficient (Wildman–Crippen LogP) is 3.59. The zero-order valence-corrected chi connectivity index (χ0v) is 13.0. The van der Waals surface area contributed by atoms with Gasteiger partial charge in [0.15, 0.2) is 5.82 Å². The fourth-order valence-corrected chi connectivity index (χ4v) is 3.09. The molecule has 0 aliphatic carbocycles. The fourth-order valence-electron chi connectivity index (χ4n) is 2.11. The molecule has 1 N–H and O–H groups in total. The van der Waals surface area contributed by atoms with Crippen molar-refractivity contribution in [2.75, 3.05) is 4.72 Å². The first-order chi connectivity index (χ1) is 10.9. The molecule has 1 heterocycles. The van der Waals surface area contributed by atoms with Gasteiger partial charge in [-0.25, -0.2) is 12.8 Å². The second kappa shape index (κ2) is 5.85. The molecule has 0 bridgehead atoms. The van der Waals surface area contributed by atoms with Crippen LogP contribution >= 0.6 is 0 Å². The monoisotopic (exact) mass is 332 g/mol. The number of hydrogen-bond acceptors (Lipinski definition) is 4. The fraction of sp³-hybridized carbons (Fsp3) is 0.0625. The zero-order chi connectivity index (χ0) is 16.4. The molecule has 0 saturated carbocycles. The van der Waals surface area contributed by atoms with E-state index in [0.29, 0.717) is 11.3 Å². The smallest absolute Gasteiger partial charge is 0.263 e. The molecule has 0 radical (unpaired) electrons. The number of anilines is 1. The lowest BCUT2D eigenvalue weighted by Gasteiger charge is -2.06. The lowest BCUT2D eigenvalue weighted by molar-refractivity contribution is 0.400. The van der Waals surface area contributed by atoms with Crippen LogP contribution in [-0.4, -0.2) is 13.6 Å². The normalized spacial score (nSPS) is 11.4. The summed E-state index contributed by atoms with van der Waals surface area (Å²) in [6.45, 7) is 1.67. The molecule has 0 saturated heterocycles. The van der Waals surface area contributed by atoms with Gasteiger partial charge in [0, 0.05) is 6.07 Å². The van der Waals surface area contributed by atoms with Gasteiger partial charge >= 0.3 is 0 Å². The van der Waals surface area contributed by atoms with Crippen molar-refractivity contribution in [1.29, 1.82) is 0 Å². The van der Waals surface area contributed by atoms with Crippen LogP contribution in [0, 0.1) is 12.7 Å². The van der Waals surface area contributed by atoms with E-state index in [-0.39, 0.29) is 16.5 Å². The average Bonchev–Trinajstić information content (AvgIpc) is 2.92. The molecule has 0 unspecified atom stereocenters. The highest BCUT2D eigenvalue weighted by molar-refractivity contribution is 7.92. The van der Waals surface area contributed by atoms with Gasteiger partial charge in [-0.3, -0.25) is 4.72 Å². The van der Waals surface area contributed by atoms with Gasteiger partial charge in [0.1, 0.15) is 11.6 Å². The van der Waals surface area contributed by atoms with Crippen molar-refractivity contribution in [3.63, 3.8) is 0 Å². The number of nitrogens with zero attached hydrogens (tertiary/aromatic N) is 1. The van der Waals surface area contributed by atoms with Gasteiger partial charge in [0.05, 0.1) is 4.90 Å². The zero-order valence-electron chi connectivity index (χ0n) is 12.2. The number of nitrogens with one attached hydrogen (secondary N) is 1. The minimum Gasteiger partial charge on any atom is -0.360 e. The Balaban J connectivity index is 1.86. The highest BCUT2D eigenvalue weighted by Crippen LogP contribution is 2.23. The Morgan fingerprint density at radius 1 is 1.04 bits per heavy atom. The Morgan fingerprint density at radius 3 is 2.39 bits per heavy atom. The van der Waals surface area contributed by atoms with Gasteiger partial charge in [-0.2, -0.15) is 0 Å². The molecule has 2 aromatic carbocycles. The highest BCUT2D eigenvalue weighted by Gasteiger charge is 2.16. The second-order valence-corrected chi connectivity index (χ2v) is 6.65. The van der Waals surface area contributed by atoms with E-state index in [1.165, 1.54) is 30.3 Å². The lowest BCUT2D eigenvalue weighted by Crippen LogP contribution is -2.13. The minimum atomic E-state index is -3.75. The largest absolute Gasteiger partial charge is 0.360 e. The van der Waals surface area contributed by atoms with Crippen molar-refractivity contribution in [3.05, 3.63) is 66.2 Å². The molecule has 1 aromatic heterocycles. The van der Waals surface area contributed by atoms with E-state index in [2.05, 4.69) is 9.88 Å². The van der Waals surface area contributed by atoms with Crippen molar-refractivity contribution < 1.29 is 17.3 Å². The molecule has 7 heteroatoms. The second-order valence-electron chi connectivity index (χ2n) is 4.96. The quantitative estimate of drug-likeness (QED) is 0.792. The molecule has 0 amide bonds. The molecule has 0 aliphatic rings. The number of hydrogen-bond donors (Lipinski definition) is 1. The standard InChI is InChI=1S/C16H13FN2O3S/c1-11-9-16(18-22-11)19-23(20,21)15-7-5-12(6-8-15)13-3-2-4-14(17)10-13/h2-10H,1H3,(H,18,19). The van der Waals surface area contributed by atoms with E-state index in [9.17, 15) is 12.8 Å². The topological polar surface area (TPSA) is 72.2 Å². The van der Waals surface area contributed by atoms with E-state index < -0.39 is 10.0 Å². The molecule has 3 rings (SSSR count). The molecular weight excluding hydrogens is 319 g/mol. The van der Waals surface area contributed by atoms with Crippen LogP contribution in [0.15, 0.2) is 64.0 Å². The van der Waals surface area contributed by atoms with Crippen molar-refractivity contribution in [3.8, 4) is 11.1 Å². The van der Waals surface area contributed by atoms with Gasteiger partial charge in [0.2, 0.25) is 0 Å². The van der Waals surface area contributed by atoms with Crippen molar-refractivity contribution in [1.82, 2.24) is 5.16 Å². The summed E-state index contributed by atoms with van der Waals surface area (Å²) in [5.74, 6) is 0.281. The third-order valence-electron chi connectivity index (χ3n) is 3.19. The minimum absolute atomic E-state index is 0.0818. The molecular formula is C16H13FN2O3S. The van der Waals surface area contributed by atoms with E-state index in [1.807, 2.05) is 0 Å². The Bertz CT molecular complexity index is 934. The van der Waals surface area contributed by atoms with Gasteiger partial charge in [-0.05, 0) is 42.3 Å². The number of halogens is 1. The number of rotatable bonds is 4. The number of aromatic nitrogens is 1. The molecule has 23 heavy (non-hydrogen) atoms. The average molecular weight is 332 g/mol. The van der Waals surface area contributed by atoms with Gasteiger partial charge < -0.3 is 4.52 Å². The van der Waals surface area contributed by atoms with Crippen molar-refractivity contribution in [2.45, 2.75) is 11.8 Å². The Kier molecular flexibility index (Phi) is 3.87. The molecule has 118 valence electrons. The molecule has 0 fully saturated rings. The summed E-state index contributed by atoms with van der Waals surface area (Å²) < 4.78 is 44.9. The molecule has 5 nitrogen and oxygen atoms in total.